The van der Waals surface area contributed by atoms with Gasteiger partial charge >= 0.3 is 0 Å². The summed E-state index contributed by atoms with van der Waals surface area (Å²) >= 11 is 1.64. The average molecular weight is 214 g/mol. The third kappa shape index (κ3) is 3.04. The van der Waals surface area contributed by atoms with Crippen molar-refractivity contribution in [2.45, 2.75) is 19.4 Å². The van der Waals surface area contributed by atoms with Crippen LogP contribution in [-0.2, 0) is 4.74 Å². The molecule has 0 amide bonds. The van der Waals surface area contributed by atoms with Gasteiger partial charge < -0.3 is 10.1 Å². The maximum absolute atomic E-state index is 5.08. The minimum atomic E-state index is 0.344. The zero-order valence-electron chi connectivity index (χ0n) is 8.99. The van der Waals surface area contributed by atoms with E-state index in [4.69, 9.17) is 4.74 Å². The summed E-state index contributed by atoms with van der Waals surface area (Å²) in [6.45, 7) is 3.03. The minimum Gasteiger partial charge on any atom is -0.385 e. The normalized spacial score (nSPS) is 15.4. The van der Waals surface area contributed by atoms with Crippen molar-refractivity contribution in [1.82, 2.24) is 10.3 Å². The fraction of sp³-hybridized carbons (Fsp3) is 0.700. The van der Waals surface area contributed by atoms with Gasteiger partial charge in [0.25, 0.3) is 0 Å². The maximum Gasteiger partial charge on any atom is 0.0795 e. The third-order valence-electron chi connectivity index (χ3n) is 2.43. The lowest BCUT2D eigenvalue weighted by molar-refractivity contribution is 0.171. The molecule has 1 rings (SSSR count). The van der Waals surface area contributed by atoms with Gasteiger partial charge in [-0.15, -0.1) is 11.3 Å². The number of ether oxygens (including phenoxy) is 1. The Morgan fingerprint density at radius 2 is 2.43 bits per heavy atom. The molecule has 0 fully saturated rings. The molecule has 0 aliphatic carbocycles. The summed E-state index contributed by atoms with van der Waals surface area (Å²) in [6, 6.07) is 0.344. The number of nitrogens with zero attached hydrogens (tertiary/aromatic N) is 1. The average Bonchev–Trinajstić information content (AvgIpc) is 2.69. The SMILES string of the molecule is CNC(c1cscn1)C(C)CCOC. The van der Waals surface area contributed by atoms with Crippen LogP contribution in [-0.4, -0.2) is 25.7 Å². The second kappa shape index (κ2) is 6.11. The van der Waals surface area contributed by atoms with Gasteiger partial charge in [0, 0.05) is 19.1 Å². The van der Waals surface area contributed by atoms with Gasteiger partial charge in [0.1, 0.15) is 0 Å². The summed E-state index contributed by atoms with van der Waals surface area (Å²) in [5, 5.41) is 5.40. The molecule has 14 heavy (non-hydrogen) atoms. The van der Waals surface area contributed by atoms with Crippen molar-refractivity contribution in [2.75, 3.05) is 20.8 Å². The van der Waals surface area contributed by atoms with E-state index < -0.39 is 0 Å². The zero-order chi connectivity index (χ0) is 10.4. The first kappa shape index (κ1) is 11.6. The maximum atomic E-state index is 5.08. The predicted molar refractivity (Wildman–Crippen MR) is 59.6 cm³/mol. The zero-order valence-corrected chi connectivity index (χ0v) is 9.80. The van der Waals surface area contributed by atoms with Crippen LogP contribution in [0.25, 0.3) is 0 Å². The molecular weight excluding hydrogens is 196 g/mol. The fourth-order valence-electron chi connectivity index (χ4n) is 1.57. The topological polar surface area (TPSA) is 34.2 Å². The quantitative estimate of drug-likeness (QED) is 0.787. The van der Waals surface area contributed by atoms with E-state index >= 15 is 0 Å². The molecule has 0 aliphatic rings. The van der Waals surface area contributed by atoms with Crippen LogP contribution < -0.4 is 5.32 Å². The van der Waals surface area contributed by atoms with Gasteiger partial charge in [0.05, 0.1) is 17.2 Å². The van der Waals surface area contributed by atoms with Crippen molar-refractivity contribution in [1.29, 1.82) is 0 Å². The summed E-state index contributed by atoms with van der Waals surface area (Å²) in [7, 11) is 3.72. The third-order valence-corrected chi connectivity index (χ3v) is 3.03. The Bertz CT molecular complexity index is 238. The summed E-state index contributed by atoms with van der Waals surface area (Å²) in [5.41, 5.74) is 3.02. The van der Waals surface area contributed by atoms with Gasteiger partial charge in [-0.05, 0) is 19.4 Å². The summed E-state index contributed by atoms with van der Waals surface area (Å²) < 4.78 is 5.08. The van der Waals surface area contributed by atoms with Gasteiger partial charge in [-0.3, -0.25) is 0 Å². The first-order chi connectivity index (χ1) is 6.79. The molecule has 4 heteroatoms. The van der Waals surface area contributed by atoms with Crippen molar-refractivity contribution < 1.29 is 4.74 Å². The van der Waals surface area contributed by atoms with Crippen LogP contribution in [0.4, 0.5) is 0 Å². The first-order valence-electron chi connectivity index (χ1n) is 4.84. The number of hydrogen-bond acceptors (Lipinski definition) is 4. The minimum absolute atomic E-state index is 0.344. The molecule has 0 saturated carbocycles. The van der Waals surface area contributed by atoms with E-state index in [1.165, 1.54) is 0 Å². The van der Waals surface area contributed by atoms with Crippen LogP contribution in [0.1, 0.15) is 25.1 Å². The Balaban J connectivity index is 2.53. The van der Waals surface area contributed by atoms with Crippen molar-refractivity contribution in [3.05, 3.63) is 16.6 Å². The van der Waals surface area contributed by atoms with Gasteiger partial charge in [-0.25, -0.2) is 4.98 Å². The number of methoxy groups -OCH3 is 1. The molecule has 3 nitrogen and oxygen atoms in total. The number of aromatic nitrogens is 1. The van der Waals surface area contributed by atoms with Crippen LogP contribution >= 0.6 is 11.3 Å². The smallest absolute Gasteiger partial charge is 0.0795 e. The van der Waals surface area contributed by atoms with E-state index in [9.17, 15) is 0 Å². The molecule has 0 bridgehead atoms. The molecule has 2 atom stereocenters. The van der Waals surface area contributed by atoms with Gasteiger partial charge in [0.15, 0.2) is 0 Å². The second-order valence-corrected chi connectivity index (χ2v) is 4.16. The first-order valence-corrected chi connectivity index (χ1v) is 5.78. The molecule has 2 unspecified atom stereocenters. The van der Waals surface area contributed by atoms with Crippen LogP contribution in [0.2, 0.25) is 0 Å². The Kier molecular flexibility index (Phi) is 5.07. The van der Waals surface area contributed by atoms with Crippen LogP contribution in [0, 0.1) is 5.92 Å². The lowest BCUT2D eigenvalue weighted by atomic mass is 9.97. The van der Waals surface area contributed by atoms with E-state index in [1.807, 2.05) is 12.6 Å². The number of rotatable bonds is 6. The number of hydrogen-bond donors (Lipinski definition) is 1. The van der Waals surface area contributed by atoms with E-state index in [-0.39, 0.29) is 0 Å². The number of thiazole rings is 1. The highest BCUT2D eigenvalue weighted by Crippen LogP contribution is 2.23. The molecule has 1 N–H and O–H groups in total. The highest BCUT2D eigenvalue weighted by atomic mass is 32.1. The van der Waals surface area contributed by atoms with Gasteiger partial charge in [0.2, 0.25) is 0 Å². The molecule has 0 radical (unpaired) electrons. The van der Waals surface area contributed by atoms with E-state index in [0.717, 1.165) is 18.7 Å². The van der Waals surface area contributed by atoms with Crippen LogP contribution in [0.3, 0.4) is 0 Å². The Labute approximate surface area is 89.5 Å². The van der Waals surface area contributed by atoms with E-state index in [2.05, 4.69) is 22.6 Å². The van der Waals surface area contributed by atoms with Gasteiger partial charge in [-0.1, -0.05) is 6.92 Å². The van der Waals surface area contributed by atoms with Crippen LogP contribution in [0.5, 0.6) is 0 Å². The van der Waals surface area contributed by atoms with E-state index in [0.29, 0.717) is 12.0 Å². The summed E-state index contributed by atoms with van der Waals surface area (Å²) in [6.07, 6.45) is 1.06. The summed E-state index contributed by atoms with van der Waals surface area (Å²) in [5.74, 6) is 0.544. The molecule has 1 heterocycles. The highest BCUT2D eigenvalue weighted by molar-refractivity contribution is 7.07. The van der Waals surface area contributed by atoms with Crippen molar-refractivity contribution >= 4 is 11.3 Å². The molecule has 0 spiro atoms. The van der Waals surface area contributed by atoms with Gasteiger partial charge in [-0.2, -0.15) is 0 Å². The predicted octanol–water partition coefficient (Wildman–Crippen LogP) is 2.08. The molecule has 0 aliphatic heterocycles. The summed E-state index contributed by atoms with van der Waals surface area (Å²) in [4.78, 5) is 4.33. The standard InChI is InChI=1S/C10H18N2OS/c1-8(4-5-13-3)10(11-2)9-6-14-7-12-9/h6-8,10-11H,4-5H2,1-3H3. The Hall–Kier alpha value is -0.450. The molecule has 0 saturated heterocycles. The lowest BCUT2D eigenvalue weighted by Gasteiger charge is -2.21. The second-order valence-electron chi connectivity index (χ2n) is 3.44. The van der Waals surface area contributed by atoms with Crippen LogP contribution in [0.15, 0.2) is 10.9 Å². The van der Waals surface area contributed by atoms with Crippen molar-refractivity contribution in [2.24, 2.45) is 5.92 Å². The highest BCUT2D eigenvalue weighted by Gasteiger charge is 2.18. The Morgan fingerprint density at radius 3 is 2.93 bits per heavy atom. The number of nitrogens with one attached hydrogen (secondary N) is 1. The van der Waals surface area contributed by atoms with Crippen molar-refractivity contribution in [3.8, 4) is 0 Å². The molecule has 1 aromatic rings. The largest absolute Gasteiger partial charge is 0.385 e. The Morgan fingerprint density at radius 1 is 1.64 bits per heavy atom. The van der Waals surface area contributed by atoms with Crippen molar-refractivity contribution in [3.63, 3.8) is 0 Å². The molecule has 0 aromatic carbocycles. The monoisotopic (exact) mass is 214 g/mol. The lowest BCUT2D eigenvalue weighted by Crippen LogP contribution is -2.24. The molecular formula is C10H18N2OS. The molecule has 80 valence electrons. The fourth-order valence-corrected chi connectivity index (χ4v) is 2.16. The molecule has 1 aromatic heterocycles. The van der Waals surface area contributed by atoms with E-state index in [1.54, 1.807) is 18.4 Å².